The summed E-state index contributed by atoms with van der Waals surface area (Å²) in [5.41, 5.74) is 0.437. The highest BCUT2D eigenvalue weighted by Gasteiger charge is 2.17. The summed E-state index contributed by atoms with van der Waals surface area (Å²) in [4.78, 5) is 26.4. The molecule has 150 valence electrons. The minimum absolute atomic E-state index is 0.00702. The van der Waals surface area contributed by atoms with E-state index in [1.54, 1.807) is 28.9 Å². The van der Waals surface area contributed by atoms with E-state index >= 15 is 0 Å². The van der Waals surface area contributed by atoms with Crippen molar-refractivity contribution in [3.05, 3.63) is 35.7 Å². The first-order valence-electron chi connectivity index (χ1n) is 9.60. The Bertz CT molecular complexity index is 814. The van der Waals surface area contributed by atoms with Gasteiger partial charge in [-0.1, -0.05) is 6.07 Å². The van der Waals surface area contributed by atoms with Gasteiger partial charge in [0.1, 0.15) is 12.4 Å². The van der Waals surface area contributed by atoms with E-state index in [-0.39, 0.29) is 31.0 Å². The van der Waals surface area contributed by atoms with Crippen molar-refractivity contribution in [2.45, 2.75) is 45.8 Å². The van der Waals surface area contributed by atoms with E-state index in [0.29, 0.717) is 17.1 Å². The molecule has 0 aliphatic carbocycles. The van der Waals surface area contributed by atoms with Crippen molar-refractivity contribution in [3.8, 4) is 5.75 Å². The molecule has 2 aromatic rings. The van der Waals surface area contributed by atoms with Crippen LogP contribution in [-0.4, -0.2) is 56.6 Å². The molecule has 1 aliphatic rings. The van der Waals surface area contributed by atoms with E-state index < -0.39 is 0 Å². The Labute approximate surface area is 164 Å². The van der Waals surface area contributed by atoms with Gasteiger partial charge < -0.3 is 15.0 Å². The van der Waals surface area contributed by atoms with Crippen LogP contribution in [0.25, 0.3) is 0 Å². The Hall–Kier alpha value is -2.97. The highest BCUT2D eigenvalue weighted by molar-refractivity contribution is 5.96. The summed E-state index contributed by atoms with van der Waals surface area (Å²) < 4.78 is 7.42. The van der Waals surface area contributed by atoms with E-state index in [4.69, 9.17) is 4.74 Å². The summed E-state index contributed by atoms with van der Waals surface area (Å²) in [5.74, 6) is 0.800. The molecule has 9 heteroatoms. The van der Waals surface area contributed by atoms with Gasteiger partial charge in [-0.15, -0.1) is 5.10 Å². The summed E-state index contributed by atoms with van der Waals surface area (Å²) in [6.45, 7) is 5.71. The Morgan fingerprint density at radius 2 is 2.00 bits per heavy atom. The maximum atomic E-state index is 12.4. The van der Waals surface area contributed by atoms with Crippen molar-refractivity contribution in [2.24, 2.45) is 0 Å². The molecule has 9 nitrogen and oxygen atoms in total. The fourth-order valence-electron chi connectivity index (χ4n) is 3.10. The van der Waals surface area contributed by atoms with Gasteiger partial charge in [0, 0.05) is 18.7 Å². The number of tetrazole rings is 1. The predicted octanol–water partition coefficient (Wildman–Crippen LogP) is 1.58. The number of amides is 2. The smallest absolute Gasteiger partial charge is 0.251 e. The summed E-state index contributed by atoms with van der Waals surface area (Å²) in [6.07, 6.45) is 3.21. The third kappa shape index (κ3) is 5.05. The molecule has 0 atom stereocenters. The zero-order chi connectivity index (χ0) is 19.9. The zero-order valence-corrected chi connectivity index (χ0v) is 16.3. The van der Waals surface area contributed by atoms with Crippen LogP contribution in [0.2, 0.25) is 0 Å². The Kier molecular flexibility index (Phi) is 6.57. The number of carbonyl (C=O) groups excluding carboxylic acids is 2. The second-order valence-electron chi connectivity index (χ2n) is 7.07. The summed E-state index contributed by atoms with van der Waals surface area (Å²) in [7, 11) is 0. The topological polar surface area (TPSA) is 102 Å². The number of likely N-dealkylation sites (tertiary alicyclic amines) is 1. The van der Waals surface area contributed by atoms with E-state index in [1.807, 2.05) is 18.7 Å². The van der Waals surface area contributed by atoms with Crippen molar-refractivity contribution in [3.63, 3.8) is 0 Å². The molecule has 2 amide bonds. The highest BCUT2D eigenvalue weighted by atomic mass is 16.5. The molecule has 2 heterocycles. The lowest BCUT2D eigenvalue weighted by Gasteiger charge is -2.26. The van der Waals surface area contributed by atoms with Gasteiger partial charge in [-0.2, -0.15) is 0 Å². The van der Waals surface area contributed by atoms with E-state index in [1.165, 1.54) is 0 Å². The van der Waals surface area contributed by atoms with Gasteiger partial charge >= 0.3 is 0 Å². The van der Waals surface area contributed by atoms with Crippen molar-refractivity contribution in [1.82, 2.24) is 30.4 Å². The fourth-order valence-corrected chi connectivity index (χ4v) is 3.10. The molecule has 1 saturated heterocycles. The second kappa shape index (κ2) is 9.29. The number of carbonyl (C=O) groups is 2. The SMILES string of the molecule is CC(C)n1nnnc1COc1cccc(C(=O)NCC(=O)N2CCCCC2)c1. The van der Waals surface area contributed by atoms with Crippen molar-refractivity contribution < 1.29 is 14.3 Å². The molecule has 1 N–H and O–H groups in total. The number of aromatic nitrogens is 4. The lowest BCUT2D eigenvalue weighted by atomic mass is 10.1. The number of nitrogens with zero attached hydrogens (tertiary/aromatic N) is 5. The van der Waals surface area contributed by atoms with Crippen molar-refractivity contribution in [1.29, 1.82) is 0 Å². The molecule has 0 saturated carbocycles. The quantitative estimate of drug-likeness (QED) is 0.775. The summed E-state index contributed by atoms with van der Waals surface area (Å²) in [6, 6.07) is 6.96. The van der Waals surface area contributed by atoms with Gasteiger partial charge in [0.2, 0.25) is 5.91 Å². The van der Waals surface area contributed by atoms with Crippen LogP contribution in [0.4, 0.5) is 0 Å². The van der Waals surface area contributed by atoms with Crippen LogP contribution in [-0.2, 0) is 11.4 Å². The van der Waals surface area contributed by atoms with Gasteiger partial charge in [-0.3, -0.25) is 9.59 Å². The molecule has 0 unspecified atom stereocenters. The van der Waals surface area contributed by atoms with Gasteiger partial charge in [0.25, 0.3) is 5.91 Å². The van der Waals surface area contributed by atoms with Gasteiger partial charge in [-0.05, 0) is 61.7 Å². The Balaban J connectivity index is 1.54. The molecule has 1 fully saturated rings. The van der Waals surface area contributed by atoms with E-state index in [9.17, 15) is 9.59 Å². The maximum Gasteiger partial charge on any atom is 0.251 e. The Morgan fingerprint density at radius 1 is 1.21 bits per heavy atom. The van der Waals surface area contributed by atoms with E-state index in [2.05, 4.69) is 20.8 Å². The lowest BCUT2D eigenvalue weighted by Crippen LogP contribution is -2.42. The minimum atomic E-state index is -0.303. The Morgan fingerprint density at radius 3 is 2.75 bits per heavy atom. The monoisotopic (exact) mass is 386 g/mol. The third-order valence-corrected chi connectivity index (χ3v) is 4.62. The number of rotatable bonds is 7. The largest absolute Gasteiger partial charge is 0.486 e. The number of nitrogens with one attached hydrogen (secondary N) is 1. The van der Waals surface area contributed by atoms with Crippen molar-refractivity contribution in [2.75, 3.05) is 19.6 Å². The number of hydrogen-bond acceptors (Lipinski definition) is 6. The first kappa shape index (κ1) is 19.8. The van der Waals surface area contributed by atoms with Gasteiger partial charge in [0.15, 0.2) is 5.82 Å². The van der Waals surface area contributed by atoms with E-state index in [0.717, 1.165) is 32.4 Å². The second-order valence-corrected chi connectivity index (χ2v) is 7.07. The fraction of sp³-hybridized carbons (Fsp3) is 0.526. The number of benzene rings is 1. The zero-order valence-electron chi connectivity index (χ0n) is 16.3. The molecular weight excluding hydrogens is 360 g/mol. The molecule has 1 aliphatic heterocycles. The van der Waals surface area contributed by atoms with Gasteiger partial charge in [0.05, 0.1) is 12.6 Å². The van der Waals surface area contributed by atoms with Crippen LogP contribution in [0.3, 0.4) is 0 Å². The van der Waals surface area contributed by atoms with Crippen molar-refractivity contribution >= 4 is 11.8 Å². The third-order valence-electron chi connectivity index (χ3n) is 4.62. The summed E-state index contributed by atoms with van der Waals surface area (Å²) in [5, 5.41) is 14.2. The molecule has 0 radical (unpaired) electrons. The first-order chi connectivity index (χ1) is 13.5. The minimum Gasteiger partial charge on any atom is -0.486 e. The number of hydrogen-bond donors (Lipinski definition) is 1. The molecule has 28 heavy (non-hydrogen) atoms. The standard InChI is InChI=1S/C19H26N6O3/c1-14(2)25-17(21-22-23-25)13-28-16-8-6-7-15(11-16)19(27)20-12-18(26)24-9-4-3-5-10-24/h6-8,11,14H,3-5,9-10,12-13H2,1-2H3,(H,20,27). The number of piperidine rings is 1. The molecule has 0 spiro atoms. The van der Waals surface area contributed by atoms with Crippen LogP contribution >= 0.6 is 0 Å². The maximum absolute atomic E-state index is 12.4. The van der Waals surface area contributed by atoms with Crippen LogP contribution in [0.5, 0.6) is 5.75 Å². The highest BCUT2D eigenvalue weighted by Crippen LogP contribution is 2.15. The molecular formula is C19H26N6O3. The summed E-state index contributed by atoms with van der Waals surface area (Å²) >= 11 is 0. The predicted molar refractivity (Wildman–Crippen MR) is 102 cm³/mol. The molecule has 3 rings (SSSR count). The van der Waals surface area contributed by atoms with Crippen LogP contribution in [0.15, 0.2) is 24.3 Å². The lowest BCUT2D eigenvalue weighted by molar-refractivity contribution is -0.130. The van der Waals surface area contributed by atoms with Crippen LogP contribution in [0, 0.1) is 0 Å². The van der Waals surface area contributed by atoms with Crippen LogP contribution in [0.1, 0.15) is 55.3 Å². The van der Waals surface area contributed by atoms with Crippen LogP contribution < -0.4 is 10.1 Å². The molecule has 0 bridgehead atoms. The average Bonchev–Trinajstić information content (AvgIpc) is 3.20. The molecule has 1 aromatic carbocycles. The average molecular weight is 386 g/mol. The number of ether oxygens (including phenoxy) is 1. The van der Waals surface area contributed by atoms with Gasteiger partial charge in [-0.25, -0.2) is 4.68 Å². The normalized spacial score (nSPS) is 14.2. The molecule has 1 aromatic heterocycles. The first-order valence-corrected chi connectivity index (χ1v) is 9.60.